The molecular weight excluding hydrogens is 297 g/mol. The average molecular weight is 320 g/mol. The molecule has 2 N–H and O–H groups in total. The molecule has 1 atom stereocenters. The Kier molecular flexibility index (Phi) is 7.10. The second kappa shape index (κ2) is 8.08. The van der Waals surface area contributed by atoms with Gasteiger partial charge in [-0.3, -0.25) is 0 Å². The Balaban J connectivity index is 2.36. The third-order valence-electron chi connectivity index (χ3n) is 3.02. The molecule has 0 fully saturated rings. The minimum atomic E-state index is -0.569. The summed E-state index contributed by atoms with van der Waals surface area (Å²) in [5, 5.41) is 14.2. The first-order chi connectivity index (χ1) is 9.34. The van der Waals surface area contributed by atoms with Gasteiger partial charge in [0.15, 0.2) is 0 Å². The molecule has 0 aliphatic carbocycles. The Morgan fingerprint density at radius 2 is 2.00 bits per heavy atom. The molecule has 0 spiro atoms. The van der Waals surface area contributed by atoms with Gasteiger partial charge in [0.05, 0.1) is 10.0 Å². The summed E-state index contributed by atoms with van der Waals surface area (Å²) in [4.78, 5) is 0. The lowest BCUT2D eigenvalue weighted by molar-refractivity contribution is 0.0981. The van der Waals surface area contributed by atoms with Crippen LogP contribution in [0.15, 0.2) is 18.2 Å². The fourth-order valence-corrected chi connectivity index (χ4v) is 2.21. The fourth-order valence-electron chi connectivity index (χ4n) is 1.93. The van der Waals surface area contributed by atoms with Crippen molar-refractivity contribution in [1.82, 2.24) is 5.32 Å². The number of β-amino-alcohol motifs (C(OH)–C–C–N with tert-alkyl or cyclic N) is 1. The summed E-state index contributed by atoms with van der Waals surface area (Å²) in [6.45, 7) is 7.11. The average Bonchev–Trinajstić information content (AvgIpc) is 2.38. The minimum Gasteiger partial charge on any atom is -0.491 e. The second-order valence-electron chi connectivity index (χ2n) is 5.56. The number of hydrogen-bond donors (Lipinski definition) is 2. The van der Waals surface area contributed by atoms with Gasteiger partial charge in [-0.25, -0.2) is 0 Å². The molecule has 0 aliphatic rings. The molecule has 1 rings (SSSR count). The fraction of sp³-hybridized carbons (Fsp3) is 0.600. The van der Waals surface area contributed by atoms with E-state index in [1.807, 2.05) is 0 Å². The molecule has 5 heteroatoms. The molecule has 0 radical (unpaired) electrons. The maximum atomic E-state index is 9.92. The van der Waals surface area contributed by atoms with Gasteiger partial charge in [-0.2, -0.15) is 0 Å². The molecule has 0 saturated heterocycles. The highest BCUT2D eigenvalue weighted by atomic mass is 35.5. The van der Waals surface area contributed by atoms with Crippen LogP contribution < -0.4 is 10.1 Å². The van der Waals surface area contributed by atoms with E-state index in [9.17, 15) is 5.11 Å². The van der Waals surface area contributed by atoms with E-state index in [0.717, 1.165) is 12.8 Å². The number of halogens is 2. The standard InChI is InChI=1S/C15H23Cl2NO2/c1-4-7-15(2,3)18-9-11(19)10-20-12-5-6-13(16)14(17)8-12/h5-6,8,11,18-19H,4,7,9-10H2,1-3H3. The zero-order valence-electron chi connectivity index (χ0n) is 12.2. The van der Waals surface area contributed by atoms with Crippen molar-refractivity contribution < 1.29 is 9.84 Å². The molecule has 1 aromatic carbocycles. The van der Waals surface area contributed by atoms with Crippen LogP contribution in [0.4, 0.5) is 0 Å². The first-order valence-corrected chi connectivity index (χ1v) is 7.60. The summed E-state index contributed by atoms with van der Waals surface area (Å²) in [7, 11) is 0. The molecule has 114 valence electrons. The van der Waals surface area contributed by atoms with Crippen LogP contribution in [0.5, 0.6) is 5.75 Å². The Labute approximate surface area is 131 Å². The van der Waals surface area contributed by atoms with Crippen molar-refractivity contribution >= 4 is 23.2 Å². The van der Waals surface area contributed by atoms with Gasteiger partial charge in [-0.05, 0) is 32.4 Å². The van der Waals surface area contributed by atoms with E-state index in [1.165, 1.54) is 0 Å². The molecule has 3 nitrogen and oxygen atoms in total. The molecule has 1 unspecified atom stereocenters. The van der Waals surface area contributed by atoms with Crippen LogP contribution in [0.2, 0.25) is 10.0 Å². The second-order valence-corrected chi connectivity index (χ2v) is 6.37. The Bertz CT molecular complexity index is 424. The molecule has 0 aromatic heterocycles. The van der Waals surface area contributed by atoms with E-state index in [0.29, 0.717) is 22.3 Å². The van der Waals surface area contributed by atoms with Gasteiger partial charge in [0, 0.05) is 18.2 Å². The number of hydrogen-bond acceptors (Lipinski definition) is 3. The summed E-state index contributed by atoms with van der Waals surface area (Å²) in [5.74, 6) is 0.603. The number of aliphatic hydroxyl groups is 1. The maximum Gasteiger partial charge on any atom is 0.121 e. The lowest BCUT2D eigenvalue weighted by atomic mass is 9.99. The molecule has 20 heavy (non-hydrogen) atoms. The molecular formula is C15H23Cl2NO2. The summed E-state index contributed by atoms with van der Waals surface area (Å²) in [5.41, 5.74) is 0.0271. The zero-order chi connectivity index (χ0) is 15.2. The van der Waals surface area contributed by atoms with E-state index in [2.05, 4.69) is 26.1 Å². The summed E-state index contributed by atoms with van der Waals surface area (Å²) in [6, 6.07) is 5.05. The van der Waals surface area contributed by atoms with Crippen LogP contribution in [0.1, 0.15) is 33.6 Å². The third-order valence-corrected chi connectivity index (χ3v) is 3.76. The van der Waals surface area contributed by atoms with Crippen LogP contribution in [0, 0.1) is 0 Å². The normalized spacial score (nSPS) is 13.3. The predicted octanol–water partition coefficient (Wildman–Crippen LogP) is 3.90. The smallest absolute Gasteiger partial charge is 0.121 e. The monoisotopic (exact) mass is 319 g/mol. The van der Waals surface area contributed by atoms with Crippen LogP contribution in [0.3, 0.4) is 0 Å². The SMILES string of the molecule is CCCC(C)(C)NCC(O)COc1ccc(Cl)c(Cl)c1. The van der Waals surface area contributed by atoms with Crippen molar-refractivity contribution in [2.45, 2.75) is 45.3 Å². The van der Waals surface area contributed by atoms with Crippen LogP contribution in [-0.2, 0) is 0 Å². The Hall–Kier alpha value is -0.480. The number of ether oxygens (including phenoxy) is 1. The van der Waals surface area contributed by atoms with Crippen molar-refractivity contribution in [2.24, 2.45) is 0 Å². The van der Waals surface area contributed by atoms with Gasteiger partial charge >= 0.3 is 0 Å². The van der Waals surface area contributed by atoms with Crippen LogP contribution >= 0.6 is 23.2 Å². The summed E-state index contributed by atoms with van der Waals surface area (Å²) < 4.78 is 5.50. The van der Waals surface area contributed by atoms with Gasteiger partial charge in [0.25, 0.3) is 0 Å². The van der Waals surface area contributed by atoms with Crippen molar-refractivity contribution in [2.75, 3.05) is 13.2 Å². The van der Waals surface area contributed by atoms with Crippen molar-refractivity contribution in [3.05, 3.63) is 28.2 Å². The molecule has 0 saturated carbocycles. The summed E-state index contributed by atoms with van der Waals surface area (Å²) >= 11 is 11.7. The lowest BCUT2D eigenvalue weighted by Gasteiger charge is -2.27. The highest BCUT2D eigenvalue weighted by molar-refractivity contribution is 6.42. The zero-order valence-corrected chi connectivity index (χ0v) is 13.8. The van der Waals surface area contributed by atoms with E-state index < -0.39 is 6.10 Å². The van der Waals surface area contributed by atoms with Crippen LogP contribution in [0.25, 0.3) is 0 Å². The predicted molar refractivity (Wildman–Crippen MR) is 85.0 cm³/mol. The molecule has 0 aliphatic heterocycles. The molecule has 0 amide bonds. The van der Waals surface area contributed by atoms with Gasteiger partial charge < -0.3 is 15.2 Å². The topological polar surface area (TPSA) is 41.5 Å². The minimum absolute atomic E-state index is 0.0271. The quantitative estimate of drug-likeness (QED) is 0.763. The highest BCUT2D eigenvalue weighted by Crippen LogP contribution is 2.26. The van der Waals surface area contributed by atoms with E-state index in [-0.39, 0.29) is 12.1 Å². The molecule has 0 heterocycles. The van der Waals surface area contributed by atoms with Gasteiger partial charge in [-0.1, -0.05) is 36.5 Å². The Morgan fingerprint density at radius 1 is 1.30 bits per heavy atom. The molecule has 0 bridgehead atoms. The van der Waals surface area contributed by atoms with Gasteiger partial charge in [-0.15, -0.1) is 0 Å². The first kappa shape index (κ1) is 17.6. The molecule has 1 aromatic rings. The number of benzene rings is 1. The lowest BCUT2D eigenvalue weighted by Crippen LogP contribution is -2.44. The van der Waals surface area contributed by atoms with Crippen molar-refractivity contribution in [1.29, 1.82) is 0 Å². The van der Waals surface area contributed by atoms with Gasteiger partial charge in [0.1, 0.15) is 18.5 Å². The number of nitrogens with one attached hydrogen (secondary N) is 1. The van der Waals surface area contributed by atoms with E-state index >= 15 is 0 Å². The van der Waals surface area contributed by atoms with Crippen molar-refractivity contribution in [3.8, 4) is 5.75 Å². The maximum absolute atomic E-state index is 9.92. The van der Waals surface area contributed by atoms with Crippen LogP contribution in [-0.4, -0.2) is 29.9 Å². The largest absolute Gasteiger partial charge is 0.491 e. The highest BCUT2D eigenvalue weighted by Gasteiger charge is 2.17. The van der Waals surface area contributed by atoms with Gasteiger partial charge in [0.2, 0.25) is 0 Å². The number of rotatable bonds is 8. The number of aliphatic hydroxyl groups excluding tert-OH is 1. The Morgan fingerprint density at radius 3 is 2.60 bits per heavy atom. The van der Waals surface area contributed by atoms with E-state index in [4.69, 9.17) is 27.9 Å². The van der Waals surface area contributed by atoms with Crippen molar-refractivity contribution in [3.63, 3.8) is 0 Å². The summed E-state index contributed by atoms with van der Waals surface area (Å²) in [6.07, 6.45) is 1.60. The third kappa shape index (κ3) is 6.31. The first-order valence-electron chi connectivity index (χ1n) is 6.85. The van der Waals surface area contributed by atoms with E-state index in [1.54, 1.807) is 18.2 Å².